The maximum absolute atomic E-state index is 12.5. The molecule has 1 aliphatic rings. The summed E-state index contributed by atoms with van der Waals surface area (Å²) in [5, 5.41) is 3.90. The summed E-state index contributed by atoms with van der Waals surface area (Å²) in [6.07, 6.45) is 4.31. The van der Waals surface area contributed by atoms with Crippen LogP contribution < -0.4 is 10.2 Å². The minimum absolute atomic E-state index is 0.109. The van der Waals surface area contributed by atoms with Crippen LogP contribution in [-0.2, 0) is 22.4 Å². The van der Waals surface area contributed by atoms with E-state index in [0.29, 0.717) is 12.1 Å². The molecule has 0 spiro atoms. The van der Waals surface area contributed by atoms with Crippen molar-refractivity contribution in [3.8, 4) is 0 Å². The van der Waals surface area contributed by atoms with E-state index in [4.69, 9.17) is 4.42 Å². The van der Waals surface area contributed by atoms with Gasteiger partial charge in [0.1, 0.15) is 5.58 Å². The Bertz CT molecular complexity index is 1010. The van der Waals surface area contributed by atoms with E-state index >= 15 is 0 Å². The number of carbonyl (C=O) groups is 2. The third kappa shape index (κ3) is 3.58. The van der Waals surface area contributed by atoms with Crippen molar-refractivity contribution in [1.29, 1.82) is 0 Å². The summed E-state index contributed by atoms with van der Waals surface area (Å²) in [6.45, 7) is 2.83. The molecule has 1 aliphatic heterocycles. The Balaban J connectivity index is 1.48. The molecule has 1 saturated heterocycles. The van der Waals surface area contributed by atoms with Gasteiger partial charge in [-0.15, -0.1) is 0 Å². The molecule has 27 heavy (non-hydrogen) atoms. The van der Waals surface area contributed by atoms with Crippen molar-refractivity contribution in [1.82, 2.24) is 0 Å². The van der Waals surface area contributed by atoms with Crippen molar-refractivity contribution < 1.29 is 14.0 Å². The first-order valence-corrected chi connectivity index (χ1v) is 9.33. The summed E-state index contributed by atoms with van der Waals surface area (Å²) in [6, 6.07) is 13.5. The molecular weight excluding hydrogens is 340 g/mol. The number of aryl methyl sites for hydroxylation is 1. The zero-order chi connectivity index (χ0) is 18.8. The Morgan fingerprint density at radius 3 is 2.89 bits per heavy atom. The maximum Gasteiger partial charge on any atom is 0.228 e. The van der Waals surface area contributed by atoms with Gasteiger partial charge in [-0.25, -0.2) is 0 Å². The molecule has 0 radical (unpaired) electrons. The number of hydrogen-bond acceptors (Lipinski definition) is 3. The number of furan rings is 1. The van der Waals surface area contributed by atoms with Crippen molar-refractivity contribution in [3.05, 3.63) is 59.9 Å². The van der Waals surface area contributed by atoms with Crippen molar-refractivity contribution in [3.63, 3.8) is 0 Å². The first kappa shape index (κ1) is 17.3. The SMILES string of the molecule is CCc1ccc2c(CC(=O)Nc3cccc(N4CCCC4=O)c3)coc2c1. The van der Waals surface area contributed by atoms with Gasteiger partial charge in [0.15, 0.2) is 0 Å². The fraction of sp³-hybridized carbons (Fsp3) is 0.273. The van der Waals surface area contributed by atoms with Gasteiger partial charge in [0.2, 0.25) is 11.8 Å². The van der Waals surface area contributed by atoms with Gasteiger partial charge in [0, 0.05) is 35.3 Å². The Morgan fingerprint density at radius 1 is 1.22 bits per heavy atom. The van der Waals surface area contributed by atoms with Gasteiger partial charge in [0.05, 0.1) is 12.7 Å². The summed E-state index contributed by atoms with van der Waals surface area (Å²) in [5.41, 5.74) is 4.42. The van der Waals surface area contributed by atoms with E-state index in [1.165, 1.54) is 5.56 Å². The number of amides is 2. The van der Waals surface area contributed by atoms with Crippen LogP contribution in [0, 0.1) is 0 Å². The van der Waals surface area contributed by atoms with Crippen LogP contribution in [0.4, 0.5) is 11.4 Å². The fourth-order valence-electron chi connectivity index (χ4n) is 3.54. The first-order chi connectivity index (χ1) is 13.1. The molecule has 0 saturated carbocycles. The van der Waals surface area contributed by atoms with Gasteiger partial charge in [0.25, 0.3) is 0 Å². The summed E-state index contributed by atoms with van der Waals surface area (Å²) >= 11 is 0. The van der Waals surface area contributed by atoms with Crippen molar-refractivity contribution in [2.24, 2.45) is 0 Å². The molecule has 2 heterocycles. The smallest absolute Gasteiger partial charge is 0.228 e. The second kappa shape index (κ2) is 7.27. The fourth-order valence-corrected chi connectivity index (χ4v) is 3.54. The predicted molar refractivity (Wildman–Crippen MR) is 106 cm³/mol. The van der Waals surface area contributed by atoms with Gasteiger partial charge in [-0.2, -0.15) is 0 Å². The third-order valence-electron chi connectivity index (χ3n) is 4.99. The van der Waals surface area contributed by atoms with Gasteiger partial charge < -0.3 is 14.6 Å². The lowest BCUT2D eigenvalue weighted by molar-refractivity contribution is -0.117. The molecule has 1 aromatic heterocycles. The first-order valence-electron chi connectivity index (χ1n) is 9.33. The Morgan fingerprint density at radius 2 is 2.11 bits per heavy atom. The molecule has 0 aliphatic carbocycles. The zero-order valence-corrected chi connectivity index (χ0v) is 15.3. The molecule has 0 atom stereocenters. The molecule has 3 aromatic rings. The highest BCUT2D eigenvalue weighted by atomic mass is 16.3. The molecule has 5 heteroatoms. The van der Waals surface area contributed by atoms with Crippen LogP contribution in [0.15, 0.2) is 53.1 Å². The highest BCUT2D eigenvalue weighted by molar-refractivity contribution is 5.98. The summed E-state index contributed by atoms with van der Waals surface area (Å²) in [4.78, 5) is 26.2. The number of anilines is 2. The highest BCUT2D eigenvalue weighted by Crippen LogP contribution is 2.26. The summed E-state index contributed by atoms with van der Waals surface area (Å²) in [7, 11) is 0. The molecule has 2 amide bonds. The Labute approximate surface area is 158 Å². The van der Waals surface area contributed by atoms with Crippen molar-refractivity contribution >= 4 is 34.2 Å². The van der Waals surface area contributed by atoms with E-state index in [2.05, 4.69) is 18.3 Å². The molecule has 0 unspecified atom stereocenters. The van der Waals surface area contributed by atoms with E-state index in [1.807, 2.05) is 36.4 Å². The van der Waals surface area contributed by atoms with E-state index in [9.17, 15) is 9.59 Å². The molecule has 1 fully saturated rings. The van der Waals surface area contributed by atoms with E-state index in [0.717, 1.165) is 41.6 Å². The molecule has 1 N–H and O–H groups in total. The van der Waals surface area contributed by atoms with Gasteiger partial charge in [-0.1, -0.05) is 25.1 Å². The lowest BCUT2D eigenvalue weighted by atomic mass is 10.1. The van der Waals surface area contributed by atoms with Crippen LogP contribution in [-0.4, -0.2) is 18.4 Å². The largest absolute Gasteiger partial charge is 0.464 e. The minimum atomic E-state index is -0.109. The summed E-state index contributed by atoms with van der Waals surface area (Å²) < 4.78 is 5.62. The van der Waals surface area contributed by atoms with Crippen molar-refractivity contribution in [2.45, 2.75) is 32.6 Å². The van der Waals surface area contributed by atoms with Crippen LogP contribution >= 0.6 is 0 Å². The van der Waals surface area contributed by atoms with Crippen LogP contribution in [0.3, 0.4) is 0 Å². The average Bonchev–Trinajstić information content (AvgIpc) is 3.27. The monoisotopic (exact) mass is 362 g/mol. The third-order valence-corrected chi connectivity index (χ3v) is 4.99. The maximum atomic E-state index is 12.5. The standard InChI is InChI=1S/C22H22N2O3/c1-2-15-8-9-19-16(14-27-20(19)11-15)12-21(25)23-17-5-3-6-18(13-17)24-10-4-7-22(24)26/h3,5-6,8-9,11,13-14H,2,4,7,10,12H2,1H3,(H,23,25). The molecule has 138 valence electrons. The Hall–Kier alpha value is -3.08. The lowest BCUT2D eigenvalue weighted by Gasteiger charge is -2.16. The van der Waals surface area contributed by atoms with E-state index in [-0.39, 0.29) is 18.2 Å². The predicted octanol–water partition coefficient (Wildman–Crippen LogP) is 4.30. The van der Waals surface area contributed by atoms with Gasteiger partial charge in [-0.3, -0.25) is 9.59 Å². The number of fused-ring (bicyclic) bond motifs is 1. The van der Waals surface area contributed by atoms with Gasteiger partial charge >= 0.3 is 0 Å². The van der Waals surface area contributed by atoms with E-state index < -0.39 is 0 Å². The Kier molecular flexibility index (Phi) is 4.67. The van der Waals surface area contributed by atoms with E-state index in [1.54, 1.807) is 11.2 Å². The number of benzene rings is 2. The van der Waals surface area contributed by atoms with Crippen LogP contribution in [0.1, 0.15) is 30.9 Å². The average molecular weight is 362 g/mol. The highest BCUT2D eigenvalue weighted by Gasteiger charge is 2.21. The topological polar surface area (TPSA) is 62.6 Å². The molecule has 0 bridgehead atoms. The van der Waals surface area contributed by atoms with Crippen molar-refractivity contribution in [2.75, 3.05) is 16.8 Å². The second-order valence-corrected chi connectivity index (χ2v) is 6.87. The number of nitrogens with zero attached hydrogens (tertiary/aromatic N) is 1. The van der Waals surface area contributed by atoms with Crippen LogP contribution in [0.2, 0.25) is 0 Å². The van der Waals surface area contributed by atoms with Gasteiger partial charge in [-0.05, 0) is 42.7 Å². The van der Waals surface area contributed by atoms with Crippen LogP contribution in [0.5, 0.6) is 0 Å². The number of nitrogens with one attached hydrogen (secondary N) is 1. The quantitative estimate of drug-likeness (QED) is 0.736. The van der Waals surface area contributed by atoms with Crippen LogP contribution in [0.25, 0.3) is 11.0 Å². The molecular formula is C22H22N2O3. The number of hydrogen-bond donors (Lipinski definition) is 1. The molecule has 2 aromatic carbocycles. The summed E-state index contributed by atoms with van der Waals surface area (Å²) in [5.74, 6) is 0.0250. The molecule has 5 nitrogen and oxygen atoms in total. The lowest BCUT2D eigenvalue weighted by Crippen LogP contribution is -2.23. The number of rotatable bonds is 5. The normalized spacial score (nSPS) is 14.1. The molecule has 4 rings (SSSR count). The zero-order valence-electron chi connectivity index (χ0n) is 15.3. The second-order valence-electron chi connectivity index (χ2n) is 6.87. The minimum Gasteiger partial charge on any atom is -0.464 e. The number of carbonyl (C=O) groups excluding carboxylic acids is 2.